The van der Waals surface area contributed by atoms with Crippen LogP contribution in [0.15, 0.2) is 0 Å². The normalized spacial score (nSPS) is 37.4. The van der Waals surface area contributed by atoms with Crippen LogP contribution in [0.2, 0.25) is 0 Å². The Kier molecular flexibility index (Phi) is 5.12. The van der Waals surface area contributed by atoms with Crippen LogP contribution in [-0.2, 0) is 23.7 Å². The number of carbonyl (C=O) groups excluding carboxylic acids is 1. The summed E-state index contributed by atoms with van der Waals surface area (Å²) in [6.45, 7) is 12.0. The Morgan fingerprint density at radius 2 is 1.70 bits per heavy atom. The Morgan fingerprint density at radius 1 is 1.09 bits per heavy atom. The van der Waals surface area contributed by atoms with Gasteiger partial charge in [-0.15, -0.1) is 0 Å². The molecule has 2 heterocycles. The molecule has 0 aliphatic carbocycles. The highest BCUT2D eigenvalue weighted by atomic mass is 16.8. The number of hydrogen-bond donors (Lipinski definition) is 0. The molecule has 0 N–H and O–H groups in total. The molecule has 0 bridgehead atoms. The quantitative estimate of drug-likeness (QED) is 0.793. The van der Waals surface area contributed by atoms with Crippen molar-refractivity contribution in [2.75, 3.05) is 20.7 Å². The first-order chi connectivity index (χ1) is 10.4. The molecule has 5 atom stereocenters. The fourth-order valence-electron chi connectivity index (χ4n) is 3.48. The van der Waals surface area contributed by atoms with Crippen LogP contribution in [0, 0.1) is 11.8 Å². The molecule has 134 valence electrons. The number of amides is 1. The van der Waals surface area contributed by atoms with Crippen molar-refractivity contribution in [2.24, 2.45) is 11.8 Å². The lowest BCUT2D eigenvalue weighted by molar-refractivity contribution is -0.339. The number of nitrogens with zero attached hydrogens (tertiary/aromatic N) is 1. The number of carbonyl (C=O) groups is 1. The van der Waals surface area contributed by atoms with E-state index in [1.54, 1.807) is 19.0 Å². The van der Waals surface area contributed by atoms with Gasteiger partial charge < -0.3 is 23.8 Å². The first-order valence-corrected chi connectivity index (χ1v) is 8.32. The van der Waals surface area contributed by atoms with Gasteiger partial charge >= 0.3 is 0 Å². The van der Waals surface area contributed by atoms with E-state index in [0.29, 0.717) is 6.61 Å². The van der Waals surface area contributed by atoms with Crippen molar-refractivity contribution in [2.45, 2.75) is 71.4 Å². The average Bonchev–Trinajstić information content (AvgIpc) is 2.79. The Labute approximate surface area is 139 Å². The van der Waals surface area contributed by atoms with Gasteiger partial charge in [0.15, 0.2) is 11.6 Å². The fraction of sp³-hybridized carbons (Fsp3) is 0.941. The van der Waals surface area contributed by atoms with E-state index in [1.165, 1.54) is 0 Å². The van der Waals surface area contributed by atoms with Crippen LogP contribution in [0.5, 0.6) is 0 Å². The van der Waals surface area contributed by atoms with E-state index in [9.17, 15) is 4.79 Å². The van der Waals surface area contributed by atoms with Crippen LogP contribution in [0.1, 0.15) is 41.5 Å². The van der Waals surface area contributed by atoms with Crippen molar-refractivity contribution in [3.63, 3.8) is 0 Å². The van der Waals surface area contributed by atoms with Crippen molar-refractivity contribution < 1.29 is 23.7 Å². The van der Waals surface area contributed by atoms with Crippen molar-refractivity contribution in [3.8, 4) is 0 Å². The average molecular weight is 329 g/mol. The molecule has 0 spiro atoms. The summed E-state index contributed by atoms with van der Waals surface area (Å²) >= 11 is 0. The molecule has 2 fully saturated rings. The molecule has 0 aromatic rings. The largest absolute Gasteiger partial charge is 0.349 e. The second kappa shape index (κ2) is 6.31. The highest BCUT2D eigenvalue weighted by Crippen LogP contribution is 2.39. The fourth-order valence-corrected chi connectivity index (χ4v) is 3.48. The molecule has 0 radical (unpaired) electrons. The maximum atomic E-state index is 12.4. The third-order valence-electron chi connectivity index (χ3n) is 4.60. The van der Waals surface area contributed by atoms with Crippen molar-refractivity contribution in [3.05, 3.63) is 0 Å². The molecule has 2 saturated heterocycles. The van der Waals surface area contributed by atoms with Gasteiger partial charge in [-0.3, -0.25) is 4.79 Å². The highest BCUT2D eigenvalue weighted by molar-refractivity contribution is 5.78. The van der Waals surface area contributed by atoms with Crippen molar-refractivity contribution >= 4 is 5.91 Å². The molecule has 6 nitrogen and oxygen atoms in total. The van der Waals surface area contributed by atoms with E-state index < -0.39 is 11.6 Å². The molecule has 0 aromatic carbocycles. The van der Waals surface area contributed by atoms with Crippen LogP contribution in [-0.4, -0.2) is 61.4 Å². The van der Waals surface area contributed by atoms with Gasteiger partial charge in [0, 0.05) is 20.0 Å². The van der Waals surface area contributed by atoms with Gasteiger partial charge in [0.05, 0.1) is 24.7 Å². The summed E-state index contributed by atoms with van der Waals surface area (Å²) in [6, 6.07) is 0. The summed E-state index contributed by atoms with van der Waals surface area (Å²) in [5.41, 5.74) is 0. The molecule has 0 saturated carbocycles. The molecule has 6 heteroatoms. The van der Waals surface area contributed by atoms with Gasteiger partial charge in [0.25, 0.3) is 0 Å². The van der Waals surface area contributed by atoms with Gasteiger partial charge in [-0.1, -0.05) is 13.8 Å². The van der Waals surface area contributed by atoms with Gasteiger partial charge in [0.1, 0.15) is 6.10 Å². The molecular weight excluding hydrogens is 298 g/mol. The number of ether oxygens (including phenoxy) is 4. The monoisotopic (exact) mass is 329 g/mol. The lowest BCUT2D eigenvalue weighted by Crippen LogP contribution is -2.58. The van der Waals surface area contributed by atoms with E-state index in [2.05, 4.69) is 6.92 Å². The first-order valence-electron chi connectivity index (χ1n) is 8.32. The summed E-state index contributed by atoms with van der Waals surface area (Å²) in [5.74, 6) is -1.54. The zero-order chi connectivity index (χ0) is 17.6. The first kappa shape index (κ1) is 18.6. The maximum absolute atomic E-state index is 12.4. The molecule has 2 aliphatic rings. The molecule has 0 unspecified atom stereocenters. The highest BCUT2D eigenvalue weighted by Gasteiger charge is 2.50. The van der Waals surface area contributed by atoms with Gasteiger partial charge in [0.2, 0.25) is 5.91 Å². The summed E-state index contributed by atoms with van der Waals surface area (Å²) in [4.78, 5) is 14.0. The SMILES string of the molecule is C[C@H]1[C@@H]([C@H](C)C(=O)N(C)C)OC(C)(C)O[C@@H]1[C@H]1COC(C)(C)O1. The second-order valence-corrected chi connectivity index (χ2v) is 7.81. The minimum absolute atomic E-state index is 0.0180. The Hall–Kier alpha value is -0.690. The molecule has 2 aliphatic heterocycles. The lowest BCUT2D eigenvalue weighted by atomic mass is 9.84. The van der Waals surface area contributed by atoms with Crippen LogP contribution >= 0.6 is 0 Å². The molecule has 23 heavy (non-hydrogen) atoms. The summed E-state index contributed by atoms with van der Waals surface area (Å²) in [7, 11) is 3.53. The lowest BCUT2D eigenvalue weighted by Gasteiger charge is -2.48. The molecule has 0 aromatic heterocycles. The van der Waals surface area contributed by atoms with Crippen LogP contribution in [0.4, 0.5) is 0 Å². The Bertz CT molecular complexity index is 448. The summed E-state index contributed by atoms with van der Waals surface area (Å²) < 4.78 is 23.9. The van der Waals surface area contributed by atoms with Gasteiger partial charge in [-0.25, -0.2) is 0 Å². The van der Waals surface area contributed by atoms with Gasteiger partial charge in [-0.2, -0.15) is 0 Å². The predicted octanol–water partition coefficient (Wildman–Crippen LogP) is 2.02. The summed E-state index contributed by atoms with van der Waals surface area (Å²) in [5, 5.41) is 0. The standard InChI is InChI=1S/C17H31NO5/c1-10-13(11(2)15(19)18(7)8)22-17(5,6)23-14(10)12-9-20-16(3,4)21-12/h10-14H,9H2,1-8H3/t10-,11-,12+,13-,14-/m0/s1. The molecule has 1 amide bonds. The Balaban J connectivity index is 2.19. The van der Waals surface area contributed by atoms with Gasteiger partial charge in [-0.05, 0) is 27.7 Å². The van der Waals surface area contributed by atoms with E-state index in [-0.39, 0.29) is 36.1 Å². The number of hydrogen-bond acceptors (Lipinski definition) is 5. The van der Waals surface area contributed by atoms with E-state index >= 15 is 0 Å². The minimum atomic E-state index is -0.765. The zero-order valence-corrected chi connectivity index (χ0v) is 15.6. The topological polar surface area (TPSA) is 57.2 Å². The second-order valence-electron chi connectivity index (χ2n) is 7.81. The maximum Gasteiger partial charge on any atom is 0.227 e. The Morgan fingerprint density at radius 3 is 2.17 bits per heavy atom. The zero-order valence-electron chi connectivity index (χ0n) is 15.6. The van der Waals surface area contributed by atoms with E-state index in [4.69, 9.17) is 18.9 Å². The summed E-state index contributed by atoms with van der Waals surface area (Å²) in [6.07, 6.45) is -0.568. The predicted molar refractivity (Wildman–Crippen MR) is 85.8 cm³/mol. The van der Waals surface area contributed by atoms with E-state index in [1.807, 2.05) is 34.6 Å². The van der Waals surface area contributed by atoms with E-state index in [0.717, 1.165) is 0 Å². The number of rotatable bonds is 3. The van der Waals surface area contributed by atoms with Crippen LogP contribution in [0.25, 0.3) is 0 Å². The van der Waals surface area contributed by atoms with Crippen molar-refractivity contribution in [1.29, 1.82) is 0 Å². The van der Waals surface area contributed by atoms with Crippen LogP contribution < -0.4 is 0 Å². The smallest absolute Gasteiger partial charge is 0.227 e. The van der Waals surface area contributed by atoms with Crippen molar-refractivity contribution in [1.82, 2.24) is 4.90 Å². The minimum Gasteiger partial charge on any atom is -0.349 e. The third-order valence-corrected chi connectivity index (χ3v) is 4.60. The van der Waals surface area contributed by atoms with Crippen LogP contribution in [0.3, 0.4) is 0 Å². The molecule has 2 rings (SSSR count). The third kappa shape index (κ3) is 4.05. The molecular formula is C17H31NO5.